The number of nitrogens with zero attached hydrogens (tertiary/aromatic N) is 1. The van der Waals surface area contributed by atoms with Crippen molar-refractivity contribution >= 4 is 31.4 Å². The van der Waals surface area contributed by atoms with Crippen LogP contribution in [0.4, 0.5) is 0 Å². The first-order valence-electron chi connectivity index (χ1n) is 6.01. The van der Waals surface area contributed by atoms with Gasteiger partial charge in [0.05, 0.1) is 0 Å². The molecule has 0 radical (unpaired) electrons. The predicted molar refractivity (Wildman–Crippen MR) is 78.3 cm³/mol. The molecule has 0 saturated carbocycles. The molecule has 9 heteroatoms. The summed E-state index contributed by atoms with van der Waals surface area (Å²) in [6.45, 7) is 4.19. The van der Waals surface area contributed by atoms with E-state index in [-0.39, 0.29) is 12.5 Å². The molecular weight excluding hydrogens is 320 g/mol. The molecule has 0 bridgehead atoms. The minimum absolute atomic E-state index is 0.0144. The smallest absolute Gasteiger partial charge is 0.211 e. The molecule has 112 valence electrons. The van der Waals surface area contributed by atoms with Gasteiger partial charge in [0.2, 0.25) is 10.0 Å². The van der Waals surface area contributed by atoms with E-state index >= 15 is 0 Å². The molecule has 2 heterocycles. The Bertz CT molecular complexity index is 665. The number of hydrogen-bond acceptors (Lipinski definition) is 5. The summed E-state index contributed by atoms with van der Waals surface area (Å²) in [4.78, 5) is 0. The van der Waals surface area contributed by atoms with Crippen LogP contribution in [0, 0.1) is 5.92 Å². The van der Waals surface area contributed by atoms with Crippen molar-refractivity contribution < 1.29 is 16.8 Å². The van der Waals surface area contributed by atoms with Crippen molar-refractivity contribution in [3.8, 4) is 0 Å². The van der Waals surface area contributed by atoms with E-state index in [1.165, 1.54) is 15.6 Å². The van der Waals surface area contributed by atoms with Gasteiger partial charge in [-0.3, -0.25) is 0 Å². The van der Waals surface area contributed by atoms with Crippen LogP contribution in [0.5, 0.6) is 0 Å². The van der Waals surface area contributed by atoms with Gasteiger partial charge in [0.25, 0.3) is 10.0 Å². The van der Waals surface area contributed by atoms with Gasteiger partial charge in [0, 0.05) is 25.0 Å². The number of rotatable bonds is 6. The Morgan fingerprint density at radius 2 is 2.20 bits per heavy atom. The third-order valence-electron chi connectivity index (χ3n) is 3.13. The summed E-state index contributed by atoms with van der Waals surface area (Å²) < 4.78 is 51.2. The third kappa shape index (κ3) is 3.47. The molecule has 1 aromatic rings. The summed E-state index contributed by atoms with van der Waals surface area (Å²) in [6, 6.07) is 3.27. The first-order chi connectivity index (χ1) is 9.35. The molecular formula is C11H16N2O4S3. The van der Waals surface area contributed by atoms with Gasteiger partial charge in [-0.1, -0.05) is 12.6 Å². The van der Waals surface area contributed by atoms with E-state index in [1.54, 1.807) is 17.5 Å². The first-order valence-corrected chi connectivity index (χ1v) is 9.87. The van der Waals surface area contributed by atoms with Crippen molar-refractivity contribution in [1.82, 2.24) is 9.03 Å². The maximum atomic E-state index is 12.3. The fraction of sp³-hybridized carbons (Fsp3) is 0.455. The van der Waals surface area contributed by atoms with E-state index in [1.807, 2.05) is 0 Å². The zero-order valence-corrected chi connectivity index (χ0v) is 13.2. The summed E-state index contributed by atoms with van der Waals surface area (Å²) in [5, 5.41) is 2.57. The van der Waals surface area contributed by atoms with Gasteiger partial charge in [-0.2, -0.15) is 4.31 Å². The summed E-state index contributed by atoms with van der Waals surface area (Å²) >= 11 is 1.18. The molecule has 0 unspecified atom stereocenters. The molecule has 1 aromatic heterocycles. The highest BCUT2D eigenvalue weighted by molar-refractivity contribution is 7.92. The van der Waals surface area contributed by atoms with Crippen LogP contribution in [0.25, 0.3) is 0 Å². The van der Waals surface area contributed by atoms with Crippen LogP contribution in [0.2, 0.25) is 0 Å². The van der Waals surface area contributed by atoms with E-state index in [0.717, 1.165) is 5.41 Å². The lowest BCUT2D eigenvalue weighted by molar-refractivity contribution is 0.456. The SMILES string of the molecule is C=CS(=O)(=O)NC[C@H]1CCN(S(=O)(=O)c2cccs2)C1. The zero-order valence-electron chi connectivity index (χ0n) is 10.7. The molecule has 1 saturated heterocycles. The summed E-state index contributed by atoms with van der Waals surface area (Å²) in [5.41, 5.74) is 0. The predicted octanol–water partition coefficient (Wildman–Crippen LogP) is 0.822. The van der Waals surface area contributed by atoms with E-state index in [2.05, 4.69) is 11.3 Å². The van der Waals surface area contributed by atoms with Gasteiger partial charge in [0.1, 0.15) is 4.21 Å². The van der Waals surface area contributed by atoms with Crippen LogP contribution in [0.3, 0.4) is 0 Å². The molecule has 6 nitrogen and oxygen atoms in total. The minimum atomic E-state index is -3.46. The third-order valence-corrected chi connectivity index (χ3v) is 7.38. The molecule has 0 aromatic carbocycles. The van der Waals surface area contributed by atoms with Crippen LogP contribution >= 0.6 is 11.3 Å². The van der Waals surface area contributed by atoms with Crippen LogP contribution in [-0.4, -0.2) is 40.8 Å². The second kappa shape index (κ2) is 5.94. The lowest BCUT2D eigenvalue weighted by Gasteiger charge is -2.15. The van der Waals surface area contributed by atoms with E-state index in [0.29, 0.717) is 23.7 Å². The largest absolute Gasteiger partial charge is 0.252 e. The van der Waals surface area contributed by atoms with Crippen molar-refractivity contribution in [3.63, 3.8) is 0 Å². The molecule has 1 N–H and O–H groups in total. The number of thiophene rings is 1. The van der Waals surface area contributed by atoms with Crippen molar-refractivity contribution in [3.05, 3.63) is 29.5 Å². The monoisotopic (exact) mass is 336 g/mol. The van der Waals surface area contributed by atoms with Gasteiger partial charge in [0.15, 0.2) is 0 Å². The molecule has 1 aliphatic rings. The van der Waals surface area contributed by atoms with Crippen molar-refractivity contribution in [2.75, 3.05) is 19.6 Å². The van der Waals surface area contributed by atoms with Crippen LogP contribution in [0.1, 0.15) is 6.42 Å². The molecule has 0 spiro atoms. The Hall–Kier alpha value is -0.740. The first kappa shape index (κ1) is 15.6. The average Bonchev–Trinajstić information content (AvgIpc) is 3.08. The molecule has 2 rings (SSSR count). The van der Waals surface area contributed by atoms with Crippen molar-refractivity contribution in [1.29, 1.82) is 0 Å². The average molecular weight is 336 g/mol. The Balaban J connectivity index is 1.98. The summed E-state index contributed by atoms with van der Waals surface area (Å²) in [7, 11) is -6.89. The van der Waals surface area contributed by atoms with E-state index in [9.17, 15) is 16.8 Å². The van der Waals surface area contributed by atoms with Gasteiger partial charge in [-0.25, -0.2) is 21.6 Å². The second-order valence-corrected chi connectivity index (χ2v) is 9.33. The van der Waals surface area contributed by atoms with Crippen LogP contribution in [0.15, 0.2) is 33.7 Å². The van der Waals surface area contributed by atoms with Gasteiger partial charge in [-0.15, -0.1) is 11.3 Å². The maximum absolute atomic E-state index is 12.3. The fourth-order valence-corrected chi connectivity index (χ4v) is 5.27. The number of sulfonamides is 2. The highest BCUT2D eigenvalue weighted by atomic mass is 32.2. The highest BCUT2D eigenvalue weighted by Gasteiger charge is 2.33. The molecule has 1 aliphatic heterocycles. The molecule has 20 heavy (non-hydrogen) atoms. The quantitative estimate of drug-likeness (QED) is 0.834. The Labute approximate surface area is 123 Å². The fourth-order valence-electron chi connectivity index (χ4n) is 2.01. The maximum Gasteiger partial charge on any atom is 0.252 e. The topological polar surface area (TPSA) is 83.6 Å². The number of nitrogens with one attached hydrogen (secondary N) is 1. The zero-order chi connectivity index (χ0) is 14.8. The standard InChI is InChI=1S/C11H16N2O4S3/c1-2-19(14,15)12-8-10-5-6-13(9-10)20(16,17)11-4-3-7-18-11/h2-4,7,10,12H,1,5-6,8-9H2/t10-/m1/s1. The van der Waals surface area contributed by atoms with Crippen LogP contribution < -0.4 is 4.72 Å². The van der Waals surface area contributed by atoms with E-state index in [4.69, 9.17) is 0 Å². The summed E-state index contributed by atoms with van der Waals surface area (Å²) in [6.07, 6.45) is 0.643. The molecule has 1 fully saturated rings. The Morgan fingerprint density at radius 1 is 1.45 bits per heavy atom. The lowest BCUT2D eigenvalue weighted by Crippen LogP contribution is -2.32. The van der Waals surface area contributed by atoms with Crippen molar-refractivity contribution in [2.45, 2.75) is 10.6 Å². The second-order valence-electron chi connectivity index (χ2n) is 4.51. The molecule has 1 atom stereocenters. The minimum Gasteiger partial charge on any atom is -0.211 e. The normalized spacial score (nSPS) is 21.1. The molecule has 0 amide bonds. The van der Waals surface area contributed by atoms with E-state index < -0.39 is 20.0 Å². The van der Waals surface area contributed by atoms with Gasteiger partial charge in [-0.05, 0) is 23.8 Å². The van der Waals surface area contributed by atoms with Crippen molar-refractivity contribution in [2.24, 2.45) is 5.92 Å². The number of hydrogen-bond donors (Lipinski definition) is 1. The molecule has 0 aliphatic carbocycles. The van der Waals surface area contributed by atoms with Crippen LogP contribution in [-0.2, 0) is 20.0 Å². The summed E-state index contributed by atoms with van der Waals surface area (Å²) in [5.74, 6) is -0.0144. The van der Waals surface area contributed by atoms with Gasteiger partial charge < -0.3 is 0 Å². The Kier molecular flexibility index (Phi) is 4.65. The highest BCUT2D eigenvalue weighted by Crippen LogP contribution is 2.26. The van der Waals surface area contributed by atoms with Gasteiger partial charge >= 0.3 is 0 Å². The lowest BCUT2D eigenvalue weighted by atomic mass is 10.1. The Morgan fingerprint density at radius 3 is 2.80 bits per heavy atom.